The Hall–Kier alpha value is -0.900. The van der Waals surface area contributed by atoms with Gasteiger partial charge >= 0.3 is 0 Å². The van der Waals surface area contributed by atoms with E-state index in [4.69, 9.17) is 0 Å². The lowest BCUT2D eigenvalue weighted by molar-refractivity contribution is 0.388. The van der Waals surface area contributed by atoms with Gasteiger partial charge in [-0.3, -0.25) is 0 Å². The molecule has 0 radical (unpaired) electrons. The van der Waals surface area contributed by atoms with Gasteiger partial charge in [0.2, 0.25) is 0 Å². The Balaban J connectivity index is 2.70. The molecule has 0 unspecified atom stereocenters. The molecule has 0 aliphatic rings. The van der Waals surface area contributed by atoms with Crippen LogP contribution in [0.3, 0.4) is 0 Å². The second-order valence-corrected chi connectivity index (χ2v) is 7.40. The molecule has 0 N–H and O–H groups in total. The van der Waals surface area contributed by atoms with Gasteiger partial charge in [0.05, 0.1) is 5.52 Å². The van der Waals surface area contributed by atoms with E-state index in [9.17, 15) is 4.39 Å². The van der Waals surface area contributed by atoms with Gasteiger partial charge < -0.3 is 4.57 Å². The average Bonchev–Trinajstić information content (AvgIpc) is 2.53. The Bertz CT molecular complexity index is 609. The highest BCUT2D eigenvalue weighted by Crippen LogP contribution is 2.30. The lowest BCUT2D eigenvalue weighted by atomic mass is 9.92. The van der Waals surface area contributed by atoms with Gasteiger partial charge in [-0.05, 0) is 31.4 Å². The number of benzene rings is 1. The first kappa shape index (κ1) is 14.5. The van der Waals surface area contributed by atoms with E-state index in [1.54, 1.807) is 0 Å². The SMILES string of the molecule is CC(C)n1c(CC(C)(C)C)nc2c(F)cc(Br)cc21. The normalized spacial score (nSPS) is 12.6. The monoisotopic (exact) mass is 326 g/mol. The molecule has 104 valence electrons. The maximum atomic E-state index is 14.0. The van der Waals surface area contributed by atoms with Crippen LogP contribution in [0.15, 0.2) is 16.6 Å². The maximum absolute atomic E-state index is 14.0. The Labute approximate surface area is 122 Å². The number of hydrogen-bond acceptors (Lipinski definition) is 1. The Morgan fingerprint density at radius 2 is 1.95 bits per heavy atom. The first-order valence-corrected chi connectivity index (χ1v) is 7.34. The van der Waals surface area contributed by atoms with Gasteiger partial charge in [0.1, 0.15) is 11.3 Å². The van der Waals surface area contributed by atoms with Crippen LogP contribution in [0.1, 0.15) is 46.5 Å². The van der Waals surface area contributed by atoms with E-state index in [0.29, 0.717) is 5.52 Å². The van der Waals surface area contributed by atoms with E-state index < -0.39 is 0 Å². The van der Waals surface area contributed by atoms with Gasteiger partial charge in [0.25, 0.3) is 0 Å². The largest absolute Gasteiger partial charge is 0.325 e. The summed E-state index contributed by atoms with van der Waals surface area (Å²) in [6, 6.07) is 3.68. The molecule has 2 nitrogen and oxygen atoms in total. The number of nitrogens with zero attached hydrogens (tertiary/aromatic N) is 2. The highest BCUT2D eigenvalue weighted by Gasteiger charge is 2.21. The van der Waals surface area contributed by atoms with Crippen molar-refractivity contribution in [3.05, 3.63) is 28.2 Å². The molecule has 19 heavy (non-hydrogen) atoms. The van der Waals surface area contributed by atoms with Crippen LogP contribution < -0.4 is 0 Å². The Morgan fingerprint density at radius 3 is 2.47 bits per heavy atom. The van der Waals surface area contributed by atoms with Gasteiger partial charge in [0.15, 0.2) is 5.82 Å². The molecule has 2 rings (SSSR count). The molecule has 0 fully saturated rings. The second-order valence-electron chi connectivity index (χ2n) is 6.48. The van der Waals surface area contributed by atoms with Crippen LogP contribution in [0.5, 0.6) is 0 Å². The predicted molar refractivity (Wildman–Crippen MR) is 80.9 cm³/mol. The molecule has 0 atom stereocenters. The van der Waals surface area contributed by atoms with Crippen molar-refractivity contribution in [3.63, 3.8) is 0 Å². The topological polar surface area (TPSA) is 17.8 Å². The molecule has 1 aromatic heterocycles. The standard InChI is InChI=1S/C15H20BrFN2/c1-9(2)19-12-7-10(16)6-11(17)14(12)18-13(19)8-15(3,4)5/h6-7,9H,8H2,1-5H3. The minimum absolute atomic E-state index is 0.127. The molecule has 0 amide bonds. The van der Waals surface area contributed by atoms with Crippen LogP contribution in [0.4, 0.5) is 4.39 Å². The van der Waals surface area contributed by atoms with E-state index in [0.717, 1.165) is 22.2 Å². The van der Waals surface area contributed by atoms with E-state index >= 15 is 0 Å². The number of fused-ring (bicyclic) bond motifs is 1. The summed E-state index contributed by atoms with van der Waals surface area (Å²) < 4.78 is 16.9. The average molecular weight is 327 g/mol. The Morgan fingerprint density at radius 1 is 1.32 bits per heavy atom. The van der Waals surface area contributed by atoms with Crippen LogP contribution in [-0.4, -0.2) is 9.55 Å². The molecule has 0 spiro atoms. The van der Waals surface area contributed by atoms with Crippen LogP contribution in [-0.2, 0) is 6.42 Å². The van der Waals surface area contributed by atoms with E-state index in [1.807, 2.05) is 6.07 Å². The van der Waals surface area contributed by atoms with Crippen LogP contribution >= 0.6 is 15.9 Å². The Kier molecular flexibility index (Phi) is 3.74. The molecule has 0 saturated heterocycles. The first-order valence-electron chi connectivity index (χ1n) is 6.55. The summed E-state index contributed by atoms with van der Waals surface area (Å²) in [4.78, 5) is 4.53. The third kappa shape index (κ3) is 2.99. The minimum Gasteiger partial charge on any atom is -0.325 e. The zero-order chi connectivity index (χ0) is 14.4. The zero-order valence-corrected chi connectivity index (χ0v) is 13.7. The summed E-state index contributed by atoms with van der Waals surface area (Å²) in [5.74, 6) is 0.688. The minimum atomic E-state index is -0.265. The molecule has 0 bridgehead atoms. The molecule has 0 saturated carbocycles. The number of imidazole rings is 1. The smallest absolute Gasteiger partial charge is 0.152 e. The van der Waals surface area contributed by atoms with Gasteiger partial charge in [0, 0.05) is 16.9 Å². The maximum Gasteiger partial charge on any atom is 0.152 e. The summed E-state index contributed by atoms with van der Waals surface area (Å²) in [6.45, 7) is 10.7. The molecule has 0 aliphatic carbocycles. The van der Waals surface area contributed by atoms with Gasteiger partial charge in [-0.1, -0.05) is 36.7 Å². The molecular formula is C15H20BrFN2. The lowest BCUT2D eigenvalue weighted by Gasteiger charge is -2.20. The number of halogens is 2. The van der Waals surface area contributed by atoms with Crippen molar-refractivity contribution in [2.45, 2.75) is 47.1 Å². The van der Waals surface area contributed by atoms with Crippen molar-refractivity contribution in [1.82, 2.24) is 9.55 Å². The first-order chi connectivity index (χ1) is 8.69. The van der Waals surface area contributed by atoms with Crippen molar-refractivity contribution < 1.29 is 4.39 Å². The van der Waals surface area contributed by atoms with Crippen LogP contribution in [0.2, 0.25) is 0 Å². The third-order valence-corrected chi connectivity index (χ3v) is 3.45. The van der Waals surface area contributed by atoms with Gasteiger partial charge in [-0.15, -0.1) is 0 Å². The predicted octanol–water partition coefficient (Wildman–Crippen LogP) is 5.11. The summed E-state index contributed by atoms with van der Waals surface area (Å²) in [5.41, 5.74) is 1.46. The quantitative estimate of drug-likeness (QED) is 0.750. The highest BCUT2D eigenvalue weighted by molar-refractivity contribution is 9.10. The number of hydrogen-bond donors (Lipinski definition) is 0. The molecule has 0 aliphatic heterocycles. The van der Waals surface area contributed by atoms with Crippen molar-refractivity contribution >= 4 is 27.0 Å². The fourth-order valence-electron chi connectivity index (χ4n) is 2.34. The summed E-state index contributed by atoms with van der Waals surface area (Å²) in [6.07, 6.45) is 0.830. The van der Waals surface area contributed by atoms with Crippen LogP contribution in [0, 0.1) is 11.2 Å². The van der Waals surface area contributed by atoms with Gasteiger partial charge in [-0.2, -0.15) is 0 Å². The van der Waals surface area contributed by atoms with Crippen molar-refractivity contribution in [1.29, 1.82) is 0 Å². The number of rotatable bonds is 2. The second kappa shape index (κ2) is 4.89. The molecular weight excluding hydrogens is 307 g/mol. The zero-order valence-electron chi connectivity index (χ0n) is 12.1. The number of aromatic nitrogens is 2. The molecule has 4 heteroatoms. The molecule has 1 heterocycles. The van der Waals surface area contributed by atoms with Crippen molar-refractivity contribution in [2.75, 3.05) is 0 Å². The van der Waals surface area contributed by atoms with E-state index in [2.05, 4.69) is 60.1 Å². The van der Waals surface area contributed by atoms with Crippen LogP contribution in [0.25, 0.3) is 11.0 Å². The lowest BCUT2D eigenvalue weighted by Crippen LogP contribution is -2.15. The summed E-state index contributed by atoms with van der Waals surface area (Å²) in [5, 5.41) is 0. The van der Waals surface area contributed by atoms with Crippen molar-refractivity contribution in [3.8, 4) is 0 Å². The molecule has 1 aromatic carbocycles. The molecule has 2 aromatic rings. The third-order valence-electron chi connectivity index (χ3n) is 2.99. The van der Waals surface area contributed by atoms with E-state index in [1.165, 1.54) is 6.07 Å². The highest BCUT2D eigenvalue weighted by atomic mass is 79.9. The fraction of sp³-hybridized carbons (Fsp3) is 0.533. The van der Waals surface area contributed by atoms with Gasteiger partial charge in [-0.25, -0.2) is 9.37 Å². The summed E-state index contributed by atoms with van der Waals surface area (Å²) in [7, 11) is 0. The van der Waals surface area contributed by atoms with Crippen molar-refractivity contribution in [2.24, 2.45) is 5.41 Å². The van der Waals surface area contributed by atoms with E-state index in [-0.39, 0.29) is 17.3 Å². The summed E-state index contributed by atoms with van der Waals surface area (Å²) >= 11 is 3.36. The fourth-order valence-corrected chi connectivity index (χ4v) is 2.76.